The van der Waals surface area contributed by atoms with Crippen LogP contribution in [0.25, 0.3) is 0 Å². The number of rotatable bonds is 2. The van der Waals surface area contributed by atoms with Crippen LogP contribution in [0.1, 0.15) is 10.4 Å². The molecule has 1 aromatic carbocycles. The van der Waals surface area contributed by atoms with Crippen molar-refractivity contribution in [2.75, 3.05) is 5.32 Å². The zero-order valence-electron chi connectivity index (χ0n) is 8.64. The molecule has 0 radical (unpaired) electrons. The molecule has 0 saturated carbocycles. The second-order valence-electron chi connectivity index (χ2n) is 3.32. The van der Waals surface area contributed by atoms with Crippen LogP contribution < -0.4 is 5.32 Å². The van der Waals surface area contributed by atoms with Crippen LogP contribution in [0.5, 0.6) is 0 Å². The van der Waals surface area contributed by atoms with Crippen molar-refractivity contribution in [3.63, 3.8) is 0 Å². The van der Waals surface area contributed by atoms with Crippen LogP contribution in [0.4, 0.5) is 5.69 Å². The lowest BCUT2D eigenvalue weighted by Gasteiger charge is -2.08. The predicted molar refractivity (Wildman–Crippen MR) is 89.2 cm³/mol. The van der Waals surface area contributed by atoms with Gasteiger partial charge < -0.3 is 5.32 Å². The van der Waals surface area contributed by atoms with E-state index >= 15 is 0 Å². The Morgan fingerprint density at radius 1 is 1.33 bits per heavy atom. The molecule has 1 amide bonds. The Morgan fingerprint density at radius 3 is 2.67 bits per heavy atom. The Hall–Kier alpha value is 0.180. The molecule has 0 aliphatic heterocycles. The molecular weight excluding hydrogens is 472 g/mol. The fourth-order valence-corrected chi connectivity index (χ4v) is 3.39. The number of hydrogen-bond donors (Lipinski definition) is 1. The van der Waals surface area contributed by atoms with Crippen molar-refractivity contribution in [1.29, 1.82) is 0 Å². The van der Waals surface area contributed by atoms with Gasteiger partial charge in [-0.15, -0.1) is 11.3 Å². The van der Waals surface area contributed by atoms with E-state index in [1.54, 1.807) is 17.5 Å². The Kier molecular flexibility index (Phi) is 4.93. The lowest BCUT2D eigenvalue weighted by atomic mass is 10.3. The molecule has 0 spiro atoms. The molecule has 7 heteroatoms. The minimum Gasteiger partial charge on any atom is -0.321 e. The molecule has 0 aliphatic rings. The molecule has 1 aromatic heterocycles. The zero-order valence-corrected chi connectivity index (χ0v) is 14.7. The van der Waals surface area contributed by atoms with E-state index in [0.29, 0.717) is 25.8 Å². The summed E-state index contributed by atoms with van der Waals surface area (Å²) in [6.07, 6.45) is 0. The molecular formula is C11H5BrCl2INOS. The minimum absolute atomic E-state index is 0.200. The van der Waals surface area contributed by atoms with Crippen molar-refractivity contribution in [2.45, 2.75) is 0 Å². The summed E-state index contributed by atoms with van der Waals surface area (Å²) >= 11 is 19.0. The molecule has 2 aromatic rings. The Morgan fingerprint density at radius 2 is 2.06 bits per heavy atom. The van der Waals surface area contributed by atoms with Crippen LogP contribution in [0.3, 0.4) is 0 Å². The van der Waals surface area contributed by atoms with Gasteiger partial charge in [0.05, 0.1) is 24.2 Å². The standard InChI is InChI=1S/C11H5BrCl2INOS/c12-6-1-2-7(10(14)9(6)13)16-11(17)5-3-8(15)18-4-5/h1-4H,(H,16,17). The first-order valence-corrected chi connectivity index (χ1v) is 8.18. The summed E-state index contributed by atoms with van der Waals surface area (Å²) in [7, 11) is 0. The highest BCUT2D eigenvalue weighted by atomic mass is 127. The van der Waals surface area contributed by atoms with E-state index in [2.05, 4.69) is 43.8 Å². The number of hydrogen-bond acceptors (Lipinski definition) is 2. The first-order chi connectivity index (χ1) is 8.49. The van der Waals surface area contributed by atoms with E-state index in [1.165, 1.54) is 11.3 Å². The molecule has 0 unspecified atom stereocenters. The van der Waals surface area contributed by atoms with Crippen molar-refractivity contribution in [3.8, 4) is 0 Å². The molecule has 0 aliphatic carbocycles. The summed E-state index contributed by atoms with van der Waals surface area (Å²) in [5, 5.41) is 5.24. The van der Waals surface area contributed by atoms with Gasteiger partial charge in [0.1, 0.15) is 0 Å². The topological polar surface area (TPSA) is 29.1 Å². The average Bonchev–Trinajstić information content (AvgIpc) is 2.77. The summed E-state index contributed by atoms with van der Waals surface area (Å²) in [4.78, 5) is 12.0. The molecule has 2 rings (SSSR count). The van der Waals surface area contributed by atoms with Crippen molar-refractivity contribution < 1.29 is 4.79 Å². The number of benzene rings is 1. The van der Waals surface area contributed by atoms with Crippen molar-refractivity contribution in [1.82, 2.24) is 0 Å². The van der Waals surface area contributed by atoms with E-state index in [-0.39, 0.29) is 5.91 Å². The third kappa shape index (κ3) is 3.19. The van der Waals surface area contributed by atoms with Gasteiger partial charge in [0.25, 0.3) is 5.91 Å². The van der Waals surface area contributed by atoms with Crippen LogP contribution in [-0.4, -0.2) is 5.91 Å². The van der Waals surface area contributed by atoms with E-state index < -0.39 is 0 Å². The first kappa shape index (κ1) is 14.6. The van der Waals surface area contributed by atoms with Gasteiger partial charge >= 0.3 is 0 Å². The highest BCUT2D eigenvalue weighted by Gasteiger charge is 2.13. The Labute approximate surface area is 140 Å². The Balaban J connectivity index is 2.25. The van der Waals surface area contributed by atoms with Crippen molar-refractivity contribution >= 4 is 84.7 Å². The number of anilines is 1. The van der Waals surface area contributed by atoms with Crippen LogP contribution >= 0.6 is 73.1 Å². The second kappa shape index (κ2) is 6.09. The molecule has 1 heterocycles. The predicted octanol–water partition coefficient (Wildman–Crippen LogP) is 5.67. The molecule has 0 bridgehead atoms. The number of carbonyl (C=O) groups excluding carboxylic acids is 1. The van der Waals surface area contributed by atoms with Crippen molar-refractivity contribution in [2.24, 2.45) is 0 Å². The summed E-state index contributed by atoms with van der Waals surface area (Å²) in [6.45, 7) is 0. The molecule has 0 fully saturated rings. The summed E-state index contributed by atoms with van der Waals surface area (Å²) in [5.41, 5.74) is 1.11. The SMILES string of the molecule is O=C(Nc1ccc(Br)c(Cl)c1Cl)c1csc(I)c1. The van der Waals surface area contributed by atoms with Gasteiger partial charge in [-0.05, 0) is 56.7 Å². The van der Waals surface area contributed by atoms with Crippen LogP contribution in [0.2, 0.25) is 10.0 Å². The van der Waals surface area contributed by atoms with E-state index in [4.69, 9.17) is 23.2 Å². The third-order valence-corrected chi connectivity index (χ3v) is 5.67. The number of carbonyl (C=O) groups is 1. The maximum absolute atomic E-state index is 12.0. The summed E-state index contributed by atoms with van der Waals surface area (Å²) in [5.74, 6) is -0.200. The Bertz CT molecular complexity index is 617. The molecule has 0 atom stereocenters. The third-order valence-electron chi connectivity index (χ3n) is 2.11. The van der Waals surface area contributed by atoms with Gasteiger partial charge in [0.2, 0.25) is 0 Å². The monoisotopic (exact) mass is 475 g/mol. The van der Waals surface area contributed by atoms with Gasteiger partial charge in [-0.3, -0.25) is 4.79 Å². The van der Waals surface area contributed by atoms with Gasteiger partial charge in [0, 0.05) is 9.85 Å². The minimum atomic E-state index is -0.200. The zero-order chi connectivity index (χ0) is 13.3. The molecule has 2 nitrogen and oxygen atoms in total. The first-order valence-electron chi connectivity index (χ1n) is 4.68. The van der Waals surface area contributed by atoms with Gasteiger partial charge in [-0.25, -0.2) is 0 Å². The fourth-order valence-electron chi connectivity index (χ4n) is 1.25. The number of halogens is 4. The smallest absolute Gasteiger partial charge is 0.256 e. The molecule has 0 saturated heterocycles. The lowest BCUT2D eigenvalue weighted by Crippen LogP contribution is -2.11. The van der Waals surface area contributed by atoms with Gasteiger partial charge in [0.15, 0.2) is 0 Å². The van der Waals surface area contributed by atoms with Crippen LogP contribution in [0.15, 0.2) is 28.1 Å². The van der Waals surface area contributed by atoms with E-state index in [1.807, 2.05) is 6.07 Å². The van der Waals surface area contributed by atoms with Crippen LogP contribution in [-0.2, 0) is 0 Å². The second-order valence-corrected chi connectivity index (χ2v) is 7.73. The van der Waals surface area contributed by atoms with E-state index in [0.717, 1.165) is 2.88 Å². The highest BCUT2D eigenvalue weighted by molar-refractivity contribution is 14.1. The summed E-state index contributed by atoms with van der Waals surface area (Å²) < 4.78 is 1.75. The maximum Gasteiger partial charge on any atom is 0.256 e. The number of thiophene rings is 1. The number of amides is 1. The van der Waals surface area contributed by atoms with Gasteiger partial charge in [-0.2, -0.15) is 0 Å². The molecule has 94 valence electrons. The van der Waals surface area contributed by atoms with Crippen molar-refractivity contribution in [3.05, 3.63) is 46.5 Å². The van der Waals surface area contributed by atoms with Crippen LogP contribution in [0, 0.1) is 2.88 Å². The van der Waals surface area contributed by atoms with E-state index in [9.17, 15) is 4.79 Å². The lowest BCUT2D eigenvalue weighted by molar-refractivity contribution is 0.102. The van der Waals surface area contributed by atoms with Gasteiger partial charge in [-0.1, -0.05) is 23.2 Å². The largest absolute Gasteiger partial charge is 0.321 e. The normalized spacial score (nSPS) is 10.4. The molecule has 18 heavy (non-hydrogen) atoms. The number of nitrogens with one attached hydrogen (secondary N) is 1. The quantitative estimate of drug-likeness (QED) is 0.439. The average molecular weight is 477 g/mol. The maximum atomic E-state index is 12.0. The summed E-state index contributed by atoms with van der Waals surface area (Å²) in [6, 6.07) is 5.25. The highest BCUT2D eigenvalue weighted by Crippen LogP contribution is 2.36. The fraction of sp³-hybridized carbons (Fsp3) is 0. The molecule has 1 N–H and O–H groups in total.